The molecule has 0 aliphatic carbocycles. The van der Waals surface area contributed by atoms with Gasteiger partial charge in [-0.1, -0.05) is 0 Å². The number of phenols is 1. The van der Waals surface area contributed by atoms with Crippen LogP contribution in [0.3, 0.4) is 0 Å². The predicted octanol–water partition coefficient (Wildman–Crippen LogP) is 1.62. The lowest BCUT2D eigenvalue weighted by molar-refractivity contribution is 0.310. The maximum Gasteiger partial charge on any atom is 0.187 e. The minimum atomic E-state index is -0.912. The highest BCUT2D eigenvalue weighted by Gasteiger charge is 2.30. The van der Waals surface area contributed by atoms with Gasteiger partial charge in [0, 0.05) is 12.6 Å². The first kappa shape index (κ1) is 12.3. The number of benzene rings is 1. The van der Waals surface area contributed by atoms with E-state index < -0.39 is 17.4 Å². The van der Waals surface area contributed by atoms with Gasteiger partial charge < -0.3 is 10.8 Å². The molecule has 0 radical (unpaired) electrons. The van der Waals surface area contributed by atoms with Gasteiger partial charge in [-0.2, -0.15) is 0 Å². The lowest BCUT2D eigenvalue weighted by atomic mass is 9.99. The zero-order valence-corrected chi connectivity index (χ0v) is 9.66. The molecule has 0 saturated carbocycles. The molecule has 2 rings (SSSR count). The number of hydrogen-bond acceptors (Lipinski definition) is 3. The number of phenolic OH excluding ortho intramolecular Hbond substituents is 1. The summed E-state index contributed by atoms with van der Waals surface area (Å²) in [4.78, 5) is 2.03. The van der Waals surface area contributed by atoms with Crippen LogP contribution >= 0.6 is 0 Å². The lowest BCUT2D eigenvalue weighted by Crippen LogP contribution is -2.20. The van der Waals surface area contributed by atoms with E-state index in [1.54, 1.807) is 0 Å². The van der Waals surface area contributed by atoms with E-state index in [9.17, 15) is 8.78 Å². The van der Waals surface area contributed by atoms with Crippen molar-refractivity contribution in [2.45, 2.75) is 12.5 Å². The first-order chi connectivity index (χ1) is 8.02. The van der Waals surface area contributed by atoms with Crippen molar-refractivity contribution in [1.82, 2.24) is 4.90 Å². The summed E-state index contributed by atoms with van der Waals surface area (Å²) >= 11 is 0. The smallest absolute Gasteiger partial charge is 0.187 e. The number of nitrogens with two attached hydrogens (primary N) is 1. The molecule has 94 valence electrons. The van der Waals surface area contributed by atoms with Crippen LogP contribution < -0.4 is 5.73 Å². The minimum Gasteiger partial charge on any atom is -0.503 e. The summed E-state index contributed by atoms with van der Waals surface area (Å²) in [6, 6.07) is 2.35. The quantitative estimate of drug-likeness (QED) is 0.828. The van der Waals surface area contributed by atoms with Crippen LogP contribution in [0.5, 0.6) is 5.75 Å². The number of halogens is 2. The predicted molar refractivity (Wildman–Crippen MR) is 60.6 cm³/mol. The first-order valence-corrected chi connectivity index (χ1v) is 5.61. The molecule has 1 aliphatic rings. The summed E-state index contributed by atoms with van der Waals surface area (Å²) in [5, 5.41) is 9.05. The fourth-order valence-corrected chi connectivity index (χ4v) is 2.44. The van der Waals surface area contributed by atoms with Gasteiger partial charge in [0.15, 0.2) is 17.4 Å². The SMILES string of the molecule is CN1CC(CN)CC1c1cc(F)c(O)c(F)c1. The maximum absolute atomic E-state index is 13.3. The lowest BCUT2D eigenvalue weighted by Gasteiger charge is -2.19. The molecule has 0 amide bonds. The second-order valence-electron chi connectivity index (χ2n) is 4.63. The third kappa shape index (κ3) is 2.25. The van der Waals surface area contributed by atoms with Gasteiger partial charge in [0.25, 0.3) is 0 Å². The summed E-state index contributed by atoms with van der Waals surface area (Å²) < 4.78 is 26.5. The van der Waals surface area contributed by atoms with Crippen molar-refractivity contribution < 1.29 is 13.9 Å². The highest BCUT2D eigenvalue weighted by Crippen LogP contribution is 2.35. The van der Waals surface area contributed by atoms with Crippen molar-refractivity contribution in [1.29, 1.82) is 0 Å². The Kier molecular flexibility index (Phi) is 3.31. The molecule has 3 N–H and O–H groups in total. The molecule has 1 aromatic rings. The van der Waals surface area contributed by atoms with Gasteiger partial charge >= 0.3 is 0 Å². The Bertz CT molecular complexity index is 402. The van der Waals surface area contributed by atoms with Crippen LogP contribution in [0.2, 0.25) is 0 Å². The number of hydrogen-bond donors (Lipinski definition) is 2. The Morgan fingerprint density at radius 1 is 1.41 bits per heavy atom. The molecule has 3 nitrogen and oxygen atoms in total. The third-order valence-corrected chi connectivity index (χ3v) is 3.39. The highest BCUT2D eigenvalue weighted by molar-refractivity contribution is 5.32. The Morgan fingerprint density at radius 2 is 2.00 bits per heavy atom. The summed E-state index contributed by atoms with van der Waals surface area (Å²) in [6.45, 7) is 1.40. The second-order valence-corrected chi connectivity index (χ2v) is 4.63. The maximum atomic E-state index is 13.3. The second kappa shape index (κ2) is 4.58. The molecule has 0 bridgehead atoms. The molecule has 1 aliphatic heterocycles. The van der Waals surface area contributed by atoms with Crippen molar-refractivity contribution in [3.05, 3.63) is 29.3 Å². The fraction of sp³-hybridized carbons (Fsp3) is 0.500. The Labute approximate surface area is 98.8 Å². The van der Waals surface area contributed by atoms with E-state index in [1.165, 1.54) is 12.1 Å². The standard InChI is InChI=1S/C12H16F2N2O/c1-16-6-7(5-15)2-11(16)8-3-9(13)12(17)10(14)4-8/h3-4,7,11,17H,2,5-6,15H2,1H3. The molecule has 1 saturated heterocycles. The summed E-state index contributed by atoms with van der Waals surface area (Å²) in [6.07, 6.45) is 0.788. The van der Waals surface area contributed by atoms with E-state index >= 15 is 0 Å². The summed E-state index contributed by atoms with van der Waals surface area (Å²) in [5.41, 5.74) is 6.16. The molecule has 1 aromatic carbocycles. The first-order valence-electron chi connectivity index (χ1n) is 5.61. The number of nitrogens with zero attached hydrogens (tertiary/aromatic N) is 1. The molecule has 5 heteroatoms. The molecule has 0 aromatic heterocycles. The van der Waals surface area contributed by atoms with Crippen molar-refractivity contribution in [3.63, 3.8) is 0 Å². The molecule has 0 spiro atoms. The average molecular weight is 242 g/mol. The van der Waals surface area contributed by atoms with Crippen LogP contribution in [0.25, 0.3) is 0 Å². The fourth-order valence-electron chi connectivity index (χ4n) is 2.44. The van der Waals surface area contributed by atoms with Gasteiger partial charge in [0.1, 0.15) is 0 Å². The van der Waals surface area contributed by atoms with Crippen molar-refractivity contribution in [3.8, 4) is 5.75 Å². The van der Waals surface area contributed by atoms with E-state index in [2.05, 4.69) is 0 Å². The zero-order valence-electron chi connectivity index (χ0n) is 9.66. The summed E-state index contributed by atoms with van der Waals surface area (Å²) in [7, 11) is 1.91. The topological polar surface area (TPSA) is 49.5 Å². The molecule has 17 heavy (non-hydrogen) atoms. The van der Waals surface area contributed by atoms with E-state index in [4.69, 9.17) is 10.8 Å². The Hall–Kier alpha value is -1.20. The van der Waals surface area contributed by atoms with Gasteiger partial charge in [-0.05, 0) is 43.6 Å². The number of aromatic hydroxyl groups is 1. The normalized spacial score (nSPS) is 25.4. The van der Waals surface area contributed by atoms with Gasteiger partial charge in [-0.3, -0.25) is 4.90 Å². The summed E-state index contributed by atoms with van der Waals surface area (Å²) in [5.74, 6) is -2.39. The monoisotopic (exact) mass is 242 g/mol. The third-order valence-electron chi connectivity index (χ3n) is 3.39. The van der Waals surface area contributed by atoms with Crippen LogP contribution in [0, 0.1) is 17.6 Å². The number of likely N-dealkylation sites (tertiary alicyclic amines) is 1. The van der Waals surface area contributed by atoms with Crippen LogP contribution in [0.4, 0.5) is 8.78 Å². The van der Waals surface area contributed by atoms with E-state index in [-0.39, 0.29) is 6.04 Å². The minimum absolute atomic E-state index is 0.0341. The molecular formula is C12H16F2N2O. The van der Waals surface area contributed by atoms with E-state index in [0.717, 1.165) is 13.0 Å². The largest absolute Gasteiger partial charge is 0.503 e. The number of rotatable bonds is 2. The van der Waals surface area contributed by atoms with Gasteiger partial charge in [-0.15, -0.1) is 0 Å². The molecule has 1 heterocycles. The molecule has 2 atom stereocenters. The van der Waals surface area contributed by atoms with Crippen molar-refractivity contribution in [2.75, 3.05) is 20.1 Å². The van der Waals surface area contributed by atoms with E-state index in [0.29, 0.717) is 18.0 Å². The Morgan fingerprint density at radius 3 is 2.47 bits per heavy atom. The van der Waals surface area contributed by atoms with Crippen LogP contribution in [-0.4, -0.2) is 30.1 Å². The van der Waals surface area contributed by atoms with Crippen molar-refractivity contribution in [2.24, 2.45) is 11.7 Å². The van der Waals surface area contributed by atoms with Crippen LogP contribution in [0.1, 0.15) is 18.0 Å². The van der Waals surface area contributed by atoms with Crippen molar-refractivity contribution >= 4 is 0 Å². The zero-order chi connectivity index (χ0) is 12.6. The van der Waals surface area contributed by atoms with Crippen LogP contribution in [0.15, 0.2) is 12.1 Å². The molecule has 2 unspecified atom stereocenters. The highest BCUT2D eigenvalue weighted by atomic mass is 19.1. The average Bonchev–Trinajstić information content (AvgIpc) is 2.67. The van der Waals surface area contributed by atoms with Gasteiger partial charge in [0.05, 0.1) is 0 Å². The Balaban J connectivity index is 2.29. The molecule has 1 fully saturated rings. The van der Waals surface area contributed by atoms with Crippen LogP contribution in [-0.2, 0) is 0 Å². The van der Waals surface area contributed by atoms with E-state index in [1.807, 2.05) is 11.9 Å². The van der Waals surface area contributed by atoms with Gasteiger partial charge in [0.2, 0.25) is 0 Å². The molecular weight excluding hydrogens is 226 g/mol. The van der Waals surface area contributed by atoms with Gasteiger partial charge in [-0.25, -0.2) is 8.78 Å².